The molecular formula is C14H13ClN6. The lowest BCUT2D eigenvalue weighted by Crippen LogP contribution is -2.16. The highest BCUT2D eigenvalue weighted by Gasteiger charge is 2.13. The highest BCUT2D eigenvalue weighted by Crippen LogP contribution is 2.24. The second-order valence-corrected chi connectivity index (χ2v) is 4.84. The Labute approximate surface area is 127 Å². The van der Waals surface area contributed by atoms with Crippen molar-refractivity contribution >= 4 is 23.2 Å². The maximum Gasteiger partial charge on any atom is 0.256 e. The normalized spacial score (nSPS) is 10.6. The molecule has 3 rings (SSSR count). The largest absolute Gasteiger partial charge is 0.313 e. The van der Waals surface area contributed by atoms with E-state index in [0.717, 1.165) is 11.3 Å². The molecule has 0 unspecified atom stereocenters. The minimum absolute atomic E-state index is 0.130. The molecular weight excluding hydrogens is 288 g/mol. The van der Waals surface area contributed by atoms with Crippen LogP contribution in [0.4, 0.5) is 11.6 Å². The van der Waals surface area contributed by atoms with Crippen molar-refractivity contribution in [3.8, 4) is 5.95 Å². The third-order valence-corrected chi connectivity index (χ3v) is 3.24. The first-order chi connectivity index (χ1) is 10.1. The quantitative estimate of drug-likeness (QED) is 0.744. The van der Waals surface area contributed by atoms with E-state index < -0.39 is 0 Å². The fraction of sp³-hybridized carbons (Fsp3) is 0.143. The number of nitrogens with zero attached hydrogens (tertiary/aromatic N) is 6. The van der Waals surface area contributed by atoms with Crippen molar-refractivity contribution in [2.24, 2.45) is 0 Å². The standard InChI is InChI=1S/C14H13ClN6/c1-10-6-3-4-7-11(10)20(2)13-17-12(15)18-14(19-13)21-9-5-8-16-21/h3-9H,1-2H3. The topological polar surface area (TPSA) is 59.7 Å². The third-order valence-electron chi connectivity index (χ3n) is 3.07. The molecule has 7 heteroatoms. The summed E-state index contributed by atoms with van der Waals surface area (Å²) in [4.78, 5) is 14.6. The first kappa shape index (κ1) is 13.5. The highest BCUT2D eigenvalue weighted by molar-refractivity contribution is 6.28. The molecule has 0 aliphatic heterocycles. The molecule has 0 bridgehead atoms. The van der Waals surface area contributed by atoms with Crippen LogP contribution in [0.1, 0.15) is 5.56 Å². The minimum atomic E-state index is 0.130. The van der Waals surface area contributed by atoms with Crippen LogP contribution in [0.5, 0.6) is 0 Å². The number of rotatable bonds is 3. The van der Waals surface area contributed by atoms with Crippen molar-refractivity contribution in [1.29, 1.82) is 0 Å². The lowest BCUT2D eigenvalue weighted by atomic mass is 10.2. The van der Waals surface area contributed by atoms with Crippen molar-refractivity contribution < 1.29 is 0 Å². The van der Waals surface area contributed by atoms with Crippen LogP contribution >= 0.6 is 11.6 Å². The molecule has 0 saturated heterocycles. The lowest BCUT2D eigenvalue weighted by Gasteiger charge is -2.19. The Hall–Kier alpha value is -2.47. The van der Waals surface area contributed by atoms with Crippen molar-refractivity contribution in [1.82, 2.24) is 24.7 Å². The number of hydrogen-bond acceptors (Lipinski definition) is 5. The Bertz CT molecular complexity index is 756. The van der Waals surface area contributed by atoms with Crippen LogP contribution in [0.3, 0.4) is 0 Å². The van der Waals surface area contributed by atoms with Gasteiger partial charge in [-0.2, -0.15) is 20.1 Å². The summed E-state index contributed by atoms with van der Waals surface area (Å²) in [7, 11) is 1.89. The fourth-order valence-electron chi connectivity index (χ4n) is 2.02. The van der Waals surface area contributed by atoms with Gasteiger partial charge in [-0.25, -0.2) is 4.68 Å². The second-order valence-electron chi connectivity index (χ2n) is 4.50. The van der Waals surface area contributed by atoms with E-state index >= 15 is 0 Å². The minimum Gasteiger partial charge on any atom is -0.313 e. The van der Waals surface area contributed by atoms with Gasteiger partial charge in [0.15, 0.2) is 0 Å². The van der Waals surface area contributed by atoms with E-state index in [4.69, 9.17) is 11.6 Å². The molecule has 0 spiro atoms. The first-order valence-corrected chi connectivity index (χ1v) is 6.74. The van der Waals surface area contributed by atoms with E-state index in [1.54, 1.807) is 23.1 Å². The molecule has 1 aromatic carbocycles. The van der Waals surface area contributed by atoms with Crippen LogP contribution in [-0.2, 0) is 0 Å². The van der Waals surface area contributed by atoms with Crippen LogP contribution in [-0.4, -0.2) is 31.8 Å². The molecule has 0 atom stereocenters. The Morgan fingerprint density at radius 2 is 1.90 bits per heavy atom. The molecule has 0 saturated carbocycles. The summed E-state index contributed by atoms with van der Waals surface area (Å²) < 4.78 is 1.54. The van der Waals surface area contributed by atoms with Gasteiger partial charge in [-0.15, -0.1) is 0 Å². The zero-order chi connectivity index (χ0) is 14.8. The zero-order valence-corrected chi connectivity index (χ0v) is 12.4. The van der Waals surface area contributed by atoms with Crippen molar-refractivity contribution in [2.45, 2.75) is 6.92 Å². The predicted octanol–water partition coefficient (Wildman–Crippen LogP) is 2.79. The second kappa shape index (κ2) is 5.49. The van der Waals surface area contributed by atoms with Gasteiger partial charge in [-0.05, 0) is 36.2 Å². The van der Waals surface area contributed by atoms with E-state index in [1.807, 2.05) is 43.1 Å². The number of benzene rings is 1. The molecule has 0 fully saturated rings. The van der Waals surface area contributed by atoms with Gasteiger partial charge in [0.1, 0.15) is 0 Å². The van der Waals surface area contributed by atoms with Gasteiger partial charge in [0, 0.05) is 25.1 Å². The Kier molecular flexibility index (Phi) is 3.53. The van der Waals surface area contributed by atoms with Crippen LogP contribution in [0, 0.1) is 6.92 Å². The number of para-hydroxylation sites is 1. The van der Waals surface area contributed by atoms with Gasteiger partial charge < -0.3 is 4.90 Å². The van der Waals surface area contributed by atoms with E-state index in [2.05, 4.69) is 20.1 Å². The molecule has 6 nitrogen and oxygen atoms in total. The SMILES string of the molecule is Cc1ccccc1N(C)c1nc(Cl)nc(-n2cccn2)n1. The van der Waals surface area contributed by atoms with Crippen molar-refractivity contribution in [2.75, 3.05) is 11.9 Å². The summed E-state index contributed by atoms with van der Waals surface area (Å²) in [5.74, 6) is 0.852. The van der Waals surface area contributed by atoms with Gasteiger partial charge in [0.2, 0.25) is 11.2 Å². The first-order valence-electron chi connectivity index (χ1n) is 6.36. The van der Waals surface area contributed by atoms with E-state index in [9.17, 15) is 0 Å². The van der Waals surface area contributed by atoms with Crippen LogP contribution < -0.4 is 4.90 Å². The molecule has 2 aromatic heterocycles. The smallest absolute Gasteiger partial charge is 0.256 e. The Balaban J connectivity index is 2.05. The Morgan fingerprint density at radius 3 is 2.62 bits per heavy atom. The van der Waals surface area contributed by atoms with Gasteiger partial charge >= 0.3 is 0 Å². The van der Waals surface area contributed by atoms with E-state index in [-0.39, 0.29) is 5.28 Å². The summed E-state index contributed by atoms with van der Waals surface area (Å²) in [5, 5.41) is 4.24. The maximum atomic E-state index is 6.01. The summed E-state index contributed by atoms with van der Waals surface area (Å²) >= 11 is 6.01. The number of aromatic nitrogens is 5. The molecule has 21 heavy (non-hydrogen) atoms. The molecule has 3 aromatic rings. The monoisotopic (exact) mass is 300 g/mol. The molecule has 0 radical (unpaired) electrons. The number of aryl methyl sites for hydroxylation is 1. The summed E-state index contributed by atoms with van der Waals surface area (Å²) in [6, 6.07) is 9.78. The predicted molar refractivity (Wildman–Crippen MR) is 81.2 cm³/mol. The molecule has 2 heterocycles. The maximum absolute atomic E-state index is 6.01. The Morgan fingerprint density at radius 1 is 1.10 bits per heavy atom. The fourth-order valence-corrected chi connectivity index (χ4v) is 2.17. The van der Waals surface area contributed by atoms with Crippen molar-refractivity contribution in [3.63, 3.8) is 0 Å². The number of anilines is 2. The van der Waals surface area contributed by atoms with Crippen LogP contribution in [0.15, 0.2) is 42.7 Å². The van der Waals surface area contributed by atoms with E-state index in [0.29, 0.717) is 11.9 Å². The van der Waals surface area contributed by atoms with E-state index in [1.165, 1.54) is 0 Å². The molecule has 106 valence electrons. The molecule has 0 aliphatic rings. The lowest BCUT2D eigenvalue weighted by molar-refractivity contribution is 0.791. The van der Waals surface area contributed by atoms with Crippen LogP contribution in [0.25, 0.3) is 5.95 Å². The van der Waals surface area contributed by atoms with Gasteiger partial charge in [-0.1, -0.05) is 18.2 Å². The van der Waals surface area contributed by atoms with Gasteiger partial charge in [-0.3, -0.25) is 0 Å². The average molecular weight is 301 g/mol. The third kappa shape index (κ3) is 2.71. The zero-order valence-electron chi connectivity index (χ0n) is 11.6. The highest BCUT2D eigenvalue weighted by atomic mass is 35.5. The van der Waals surface area contributed by atoms with Crippen molar-refractivity contribution in [3.05, 3.63) is 53.6 Å². The summed E-state index contributed by atoms with van der Waals surface area (Å²) in [6.07, 6.45) is 3.41. The molecule has 0 amide bonds. The average Bonchev–Trinajstić information content (AvgIpc) is 3.01. The molecule has 0 N–H and O–H groups in total. The van der Waals surface area contributed by atoms with Crippen LogP contribution in [0.2, 0.25) is 5.28 Å². The van der Waals surface area contributed by atoms with Gasteiger partial charge in [0.25, 0.3) is 5.95 Å². The summed E-state index contributed by atoms with van der Waals surface area (Å²) in [6.45, 7) is 2.03. The van der Waals surface area contributed by atoms with Gasteiger partial charge in [0.05, 0.1) is 0 Å². The molecule has 0 aliphatic carbocycles. The summed E-state index contributed by atoms with van der Waals surface area (Å²) in [5.41, 5.74) is 2.13. The number of halogens is 1. The number of hydrogen-bond donors (Lipinski definition) is 0.